The highest BCUT2D eigenvalue weighted by Crippen LogP contribution is 2.24. The minimum Gasteiger partial charge on any atom is -0.355 e. The van der Waals surface area contributed by atoms with E-state index in [2.05, 4.69) is 21.6 Å². The van der Waals surface area contributed by atoms with E-state index in [9.17, 15) is 21.6 Å². The van der Waals surface area contributed by atoms with E-state index in [-0.39, 0.29) is 36.2 Å². The molecule has 2 N–H and O–H groups in total. The summed E-state index contributed by atoms with van der Waals surface area (Å²) in [6, 6.07) is 11.9. The molecule has 1 atom stereocenters. The van der Waals surface area contributed by atoms with E-state index in [0.717, 1.165) is 11.1 Å². The van der Waals surface area contributed by atoms with Gasteiger partial charge in [0.25, 0.3) is 0 Å². The van der Waals surface area contributed by atoms with Crippen molar-refractivity contribution in [1.82, 2.24) is 19.3 Å². The summed E-state index contributed by atoms with van der Waals surface area (Å²) in [4.78, 5) is 16.5. The third-order valence-corrected chi connectivity index (χ3v) is 8.28. The second-order valence-electron chi connectivity index (χ2n) is 7.82. The van der Waals surface area contributed by atoms with Crippen LogP contribution in [-0.2, 0) is 37.7 Å². The van der Waals surface area contributed by atoms with E-state index < -0.39 is 20.0 Å². The van der Waals surface area contributed by atoms with Crippen LogP contribution in [0.2, 0.25) is 0 Å². The molecule has 0 unspecified atom stereocenters. The second kappa shape index (κ2) is 11.0. The normalized spacial score (nSPS) is 17.0. The van der Waals surface area contributed by atoms with E-state index in [1.54, 1.807) is 18.3 Å². The van der Waals surface area contributed by atoms with Crippen molar-refractivity contribution in [3.63, 3.8) is 0 Å². The van der Waals surface area contributed by atoms with Crippen molar-refractivity contribution in [3.8, 4) is 0 Å². The molecule has 1 aromatic carbocycles. The number of nitrogens with one attached hydrogen (secondary N) is 2. The van der Waals surface area contributed by atoms with Crippen molar-refractivity contribution in [2.24, 2.45) is 5.92 Å². The van der Waals surface area contributed by atoms with Crippen LogP contribution in [0.5, 0.6) is 0 Å². The summed E-state index contributed by atoms with van der Waals surface area (Å²) in [7, 11) is -7.23. The summed E-state index contributed by atoms with van der Waals surface area (Å²) in [5.74, 6) is -0.255. The van der Waals surface area contributed by atoms with E-state index in [4.69, 9.17) is 0 Å². The summed E-state index contributed by atoms with van der Waals surface area (Å²) in [6.07, 6.45) is 3.06. The maximum absolute atomic E-state index is 12.9. The van der Waals surface area contributed by atoms with Crippen molar-refractivity contribution in [2.45, 2.75) is 24.2 Å². The SMILES string of the molecule is C=CS(=O)(=O)NC[C@H]1CCN(S(=O)(=O)c2ccc(CC(=O)NCCc3ccccn3)cc2)C1. The Bertz CT molecular complexity index is 1170. The van der Waals surface area contributed by atoms with E-state index in [0.29, 0.717) is 31.5 Å². The molecule has 2 heterocycles. The number of benzene rings is 1. The topological polar surface area (TPSA) is 126 Å². The van der Waals surface area contributed by atoms with Crippen molar-refractivity contribution in [2.75, 3.05) is 26.2 Å². The molecule has 1 fully saturated rings. The number of hydrogen-bond acceptors (Lipinski definition) is 6. The van der Waals surface area contributed by atoms with Crippen LogP contribution < -0.4 is 10.0 Å². The predicted octanol–water partition coefficient (Wildman–Crippen LogP) is 1.06. The van der Waals surface area contributed by atoms with Crippen LogP contribution in [0.15, 0.2) is 65.5 Å². The van der Waals surface area contributed by atoms with Crippen molar-refractivity contribution in [3.05, 3.63) is 71.9 Å². The molecule has 1 amide bonds. The van der Waals surface area contributed by atoms with Gasteiger partial charge in [-0.15, -0.1) is 0 Å². The molecule has 0 radical (unpaired) electrons. The zero-order valence-electron chi connectivity index (χ0n) is 18.2. The molecule has 1 aliphatic rings. The number of amides is 1. The van der Waals surface area contributed by atoms with Gasteiger partial charge in [-0.05, 0) is 42.2 Å². The van der Waals surface area contributed by atoms with Crippen LogP contribution >= 0.6 is 0 Å². The lowest BCUT2D eigenvalue weighted by molar-refractivity contribution is -0.120. The van der Waals surface area contributed by atoms with Gasteiger partial charge in [0.2, 0.25) is 26.0 Å². The lowest BCUT2D eigenvalue weighted by Crippen LogP contribution is -2.32. The maximum atomic E-state index is 12.9. The number of rotatable bonds is 11. The number of carbonyl (C=O) groups is 1. The molecule has 1 aliphatic heterocycles. The highest BCUT2D eigenvalue weighted by atomic mass is 32.2. The summed E-state index contributed by atoms with van der Waals surface area (Å²) >= 11 is 0. The Morgan fingerprint density at radius 3 is 2.58 bits per heavy atom. The molecular weight excluding hydrogens is 464 g/mol. The predicted molar refractivity (Wildman–Crippen MR) is 125 cm³/mol. The first-order valence-corrected chi connectivity index (χ1v) is 13.6. The number of aromatic nitrogens is 1. The molecule has 9 nitrogen and oxygen atoms in total. The minimum absolute atomic E-state index is 0.108. The molecule has 0 saturated carbocycles. The Hall–Kier alpha value is -2.60. The molecule has 2 aromatic rings. The van der Waals surface area contributed by atoms with Gasteiger partial charge in [-0.25, -0.2) is 21.6 Å². The fraction of sp³-hybridized carbons (Fsp3) is 0.364. The average Bonchev–Trinajstić information content (AvgIpc) is 3.29. The van der Waals surface area contributed by atoms with Crippen LogP contribution in [0.3, 0.4) is 0 Å². The first-order chi connectivity index (χ1) is 15.7. The minimum atomic E-state index is -3.69. The highest BCUT2D eigenvalue weighted by Gasteiger charge is 2.32. The van der Waals surface area contributed by atoms with Gasteiger partial charge in [0.15, 0.2) is 0 Å². The molecule has 178 valence electrons. The fourth-order valence-electron chi connectivity index (χ4n) is 3.53. The maximum Gasteiger partial charge on any atom is 0.243 e. The molecule has 1 saturated heterocycles. The lowest BCUT2D eigenvalue weighted by Gasteiger charge is -2.17. The van der Waals surface area contributed by atoms with Crippen molar-refractivity contribution < 1.29 is 21.6 Å². The monoisotopic (exact) mass is 492 g/mol. The van der Waals surface area contributed by atoms with Gasteiger partial charge in [0, 0.05) is 49.9 Å². The van der Waals surface area contributed by atoms with E-state index in [1.807, 2.05) is 18.2 Å². The van der Waals surface area contributed by atoms with Gasteiger partial charge in [0.1, 0.15) is 0 Å². The van der Waals surface area contributed by atoms with Crippen molar-refractivity contribution in [1.29, 1.82) is 0 Å². The van der Waals surface area contributed by atoms with Crippen molar-refractivity contribution >= 4 is 26.0 Å². The van der Waals surface area contributed by atoms with Crippen LogP contribution in [0, 0.1) is 5.92 Å². The summed E-state index contributed by atoms with van der Waals surface area (Å²) < 4.78 is 52.6. The van der Waals surface area contributed by atoms with Gasteiger partial charge in [-0.2, -0.15) is 4.31 Å². The van der Waals surface area contributed by atoms with Crippen LogP contribution in [0.25, 0.3) is 0 Å². The average molecular weight is 493 g/mol. The fourth-order valence-corrected chi connectivity index (χ4v) is 5.64. The molecule has 11 heteroatoms. The highest BCUT2D eigenvalue weighted by molar-refractivity contribution is 7.92. The number of pyridine rings is 1. The first-order valence-electron chi connectivity index (χ1n) is 10.6. The van der Waals surface area contributed by atoms with Gasteiger partial charge in [-0.3, -0.25) is 9.78 Å². The Kier molecular flexibility index (Phi) is 8.35. The first kappa shape index (κ1) is 25.0. The zero-order chi connectivity index (χ0) is 23.9. The Balaban J connectivity index is 1.50. The van der Waals surface area contributed by atoms with Crippen LogP contribution in [0.4, 0.5) is 0 Å². The zero-order valence-corrected chi connectivity index (χ0v) is 19.8. The number of sulfonamides is 2. The molecule has 3 rings (SSSR count). The van der Waals surface area contributed by atoms with E-state index in [1.165, 1.54) is 16.4 Å². The Morgan fingerprint density at radius 2 is 1.91 bits per heavy atom. The molecule has 1 aromatic heterocycles. The standard InChI is InChI=1S/C22H28N4O5S2/c1-2-32(28,29)25-16-19-11-14-26(17-19)33(30,31)21-8-6-18(7-9-21)15-22(27)24-13-10-20-5-3-4-12-23-20/h2-9,12,19,25H,1,10-11,13-17H2,(H,24,27)/t19-/m1/s1. The molecule has 0 bridgehead atoms. The number of hydrogen-bond donors (Lipinski definition) is 2. The van der Waals surface area contributed by atoms with E-state index >= 15 is 0 Å². The lowest BCUT2D eigenvalue weighted by atomic mass is 10.1. The van der Waals surface area contributed by atoms with Crippen LogP contribution in [-0.4, -0.2) is 58.2 Å². The molecular formula is C22H28N4O5S2. The number of carbonyl (C=O) groups excluding carboxylic acids is 1. The quantitative estimate of drug-likeness (QED) is 0.483. The Labute approximate surface area is 195 Å². The smallest absolute Gasteiger partial charge is 0.243 e. The molecule has 0 spiro atoms. The number of nitrogens with zero attached hydrogens (tertiary/aromatic N) is 2. The third-order valence-electron chi connectivity index (χ3n) is 5.40. The van der Waals surface area contributed by atoms with Crippen LogP contribution in [0.1, 0.15) is 17.7 Å². The van der Waals surface area contributed by atoms with Gasteiger partial charge in [-0.1, -0.05) is 24.8 Å². The molecule has 33 heavy (non-hydrogen) atoms. The second-order valence-corrected chi connectivity index (χ2v) is 11.5. The van der Waals surface area contributed by atoms with Gasteiger partial charge in [0.05, 0.1) is 11.3 Å². The largest absolute Gasteiger partial charge is 0.355 e. The van der Waals surface area contributed by atoms with Gasteiger partial charge >= 0.3 is 0 Å². The van der Waals surface area contributed by atoms with Gasteiger partial charge < -0.3 is 5.32 Å². The third kappa shape index (κ3) is 7.19. The summed E-state index contributed by atoms with van der Waals surface area (Å²) in [6.45, 7) is 4.44. The summed E-state index contributed by atoms with van der Waals surface area (Å²) in [5, 5.41) is 3.67. The molecule has 0 aliphatic carbocycles. The Morgan fingerprint density at radius 1 is 1.15 bits per heavy atom. The summed E-state index contributed by atoms with van der Waals surface area (Å²) in [5.41, 5.74) is 1.61.